The van der Waals surface area contributed by atoms with Gasteiger partial charge in [0.2, 0.25) is 0 Å². The van der Waals surface area contributed by atoms with Gasteiger partial charge in [0.25, 0.3) is 5.91 Å². The smallest absolute Gasteiger partial charge is 0.345 e. The topological polar surface area (TPSA) is 91.8 Å². The van der Waals surface area contributed by atoms with Crippen LogP contribution in [0.1, 0.15) is 29.3 Å². The minimum absolute atomic E-state index is 0.201. The average Bonchev–Trinajstić information content (AvgIpc) is 3.10. The SMILES string of the molecule is CC1CC(C(=O)N/N=C/c2ccc(OC(=O)c3ccccc3Cl)cc2)NN1. The first-order valence-corrected chi connectivity index (χ1v) is 8.81. The molecule has 1 amide bonds. The molecule has 0 radical (unpaired) electrons. The van der Waals surface area contributed by atoms with E-state index in [1.54, 1.807) is 48.5 Å². The molecule has 1 saturated heterocycles. The molecule has 0 spiro atoms. The molecule has 3 N–H and O–H groups in total. The standard InChI is InChI=1S/C19H19ClN4O3/c1-12-10-17(23-22-12)18(25)24-21-11-13-6-8-14(9-7-13)27-19(26)15-4-2-3-5-16(15)20/h2-9,11-12,17,22-23H,10H2,1H3,(H,24,25)/b21-11+. The van der Waals surface area contributed by atoms with Gasteiger partial charge in [-0.2, -0.15) is 5.10 Å². The Hall–Kier alpha value is -2.74. The van der Waals surface area contributed by atoms with Gasteiger partial charge in [-0.1, -0.05) is 23.7 Å². The van der Waals surface area contributed by atoms with Gasteiger partial charge in [-0.25, -0.2) is 15.6 Å². The van der Waals surface area contributed by atoms with Gasteiger partial charge in [0, 0.05) is 6.04 Å². The van der Waals surface area contributed by atoms with Crippen molar-refractivity contribution < 1.29 is 14.3 Å². The van der Waals surface area contributed by atoms with Gasteiger partial charge in [0.15, 0.2) is 0 Å². The molecule has 0 bridgehead atoms. The van der Waals surface area contributed by atoms with E-state index in [2.05, 4.69) is 21.4 Å². The summed E-state index contributed by atoms with van der Waals surface area (Å²) in [5.41, 5.74) is 9.43. The normalized spacial score (nSPS) is 19.2. The van der Waals surface area contributed by atoms with Crippen molar-refractivity contribution >= 4 is 29.7 Å². The zero-order chi connectivity index (χ0) is 19.2. The first kappa shape index (κ1) is 19.0. The van der Waals surface area contributed by atoms with Gasteiger partial charge in [-0.3, -0.25) is 10.2 Å². The van der Waals surface area contributed by atoms with Crippen LogP contribution in [0, 0.1) is 0 Å². The van der Waals surface area contributed by atoms with E-state index >= 15 is 0 Å². The number of hydrazine groups is 1. The number of hydrogen-bond donors (Lipinski definition) is 3. The number of carbonyl (C=O) groups excluding carboxylic acids is 2. The highest BCUT2D eigenvalue weighted by molar-refractivity contribution is 6.33. The zero-order valence-electron chi connectivity index (χ0n) is 14.6. The Morgan fingerprint density at radius 2 is 1.93 bits per heavy atom. The molecule has 7 nitrogen and oxygen atoms in total. The van der Waals surface area contributed by atoms with Crippen LogP contribution < -0.4 is 21.0 Å². The largest absolute Gasteiger partial charge is 0.423 e. The number of esters is 1. The molecule has 2 unspecified atom stereocenters. The molecule has 2 aromatic rings. The number of benzene rings is 2. The van der Waals surface area contributed by atoms with Crippen LogP contribution in [0.3, 0.4) is 0 Å². The van der Waals surface area contributed by atoms with E-state index in [4.69, 9.17) is 16.3 Å². The predicted molar refractivity (Wildman–Crippen MR) is 103 cm³/mol. The van der Waals surface area contributed by atoms with E-state index in [0.717, 1.165) is 5.56 Å². The maximum absolute atomic E-state index is 12.1. The molecule has 8 heteroatoms. The monoisotopic (exact) mass is 386 g/mol. The van der Waals surface area contributed by atoms with Crippen LogP contribution in [0.25, 0.3) is 0 Å². The Labute approximate surface area is 161 Å². The van der Waals surface area contributed by atoms with Crippen LogP contribution in [0.15, 0.2) is 53.6 Å². The van der Waals surface area contributed by atoms with Crippen molar-refractivity contribution in [3.8, 4) is 5.75 Å². The Balaban J connectivity index is 1.53. The van der Waals surface area contributed by atoms with Crippen molar-refractivity contribution in [1.82, 2.24) is 16.3 Å². The minimum atomic E-state index is -0.527. The highest BCUT2D eigenvalue weighted by Gasteiger charge is 2.26. The summed E-state index contributed by atoms with van der Waals surface area (Å²) < 4.78 is 5.30. The molecule has 0 aliphatic carbocycles. The third-order valence-corrected chi connectivity index (χ3v) is 4.31. The third kappa shape index (κ3) is 5.13. The molecule has 27 heavy (non-hydrogen) atoms. The van der Waals surface area contributed by atoms with Crippen molar-refractivity contribution in [2.45, 2.75) is 25.4 Å². The first-order valence-electron chi connectivity index (χ1n) is 8.43. The number of nitrogens with zero attached hydrogens (tertiary/aromatic N) is 1. The lowest BCUT2D eigenvalue weighted by Gasteiger charge is -2.07. The fourth-order valence-corrected chi connectivity index (χ4v) is 2.76. The summed E-state index contributed by atoms with van der Waals surface area (Å²) in [6, 6.07) is 13.4. The quantitative estimate of drug-likeness (QED) is 0.317. The van der Waals surface area contributed by atoms with Crippen molar-refractivity contribution in [2.24, 2.45) is 5.10 Å². The summed E-state index contributed by atoms with van der Waals surface area (Å²) in [5, 5.41) is 4.28. The lowest BCUT2D eigenvalue weighted by Crippen LogP contribution is -2.41. The molecule has 1 heterocycles. The number of ether oxygens (including phenoxy) is 1. The molecule has 1 fully saturated rings. The van der Waals surface area contributed by atoms with Crippen LogP contribution in [-0.4, -0.2) is 30.2 Å². The first-order chi connectivity index (χ1) is 13.0. The number of rotatable bonds is 5. The predicted octanol–water partition coefficient (Wildman–Crippen LogP) is 2.26. The summed E-state index contributed by atoms with van der Waals surface area (Å²) in [6.45, 7) is 1.99. The Kier molecular flexibility index (Phi) is 6.18. The van der Waals surface area contributed by atoms with Crippen molar-refractivity contribution in [3.05, 3.63) is 64.7 Å². The maximum Gasteiger partial charge on any atom is 0.345 e. The van der Waals surface area contributed by atoms with Crippen LogP contribution in [-0.2, 0) is 4.79 Å². The van der Waals surface area contributed by atoms with Crippen molar-refractivity contribution in [3.63, 3.8) is 0 Å². The molecular weight excluding hydrogens is 368 g/mol. The van der Waals surface area contributed by atoms with Gasteiger partial charge in [0.1, 0.15) is 11.8 Å². The summed E-state index contributed by atoms with van der Waals surface area (Å²) in [7, 11) is 0. The second-order valence-corrected chi connectivity index (χ2v) is 6.56. The van der Waals surface area contributed by atoms with Gasteiger partial charge in [0.05, 0.1) is 16.8 Å². The van der Waals surface area contributed by atoms with Crippen molar-refractivity contribution in [2.75, 3.05) is 0 Å². The highest BCUT2D eigenvalue weighted by atomic mass is 35.5. The van der Waals surface area contributed by atoms with E-state index in [1.165, 1.54) is 6.21 Å². The number of carbonyl (C=O) groups is 2. The number of amides is 1. The second kappa shape index (κ2) is 8.77. The molecule has 2 atom stereocenters. The maximum atomic E-state index is 12.1. The van der Waals surface area contributed by atoms with Gasteiger partial charge < -0.3 is 4.74 Å². The molecule has 3 rings (SSSR count). The average molecular weight is 387 g/mol. The molecule has 2 aromatic carbocycles. The number of hydrogen-bond acceptors (Lipinski definition) is 6. The molecular formula is C19H19ClN4O3. The van der Waals surface area contributed by atoms with Crippen LogP contribution in [0.2, 0.25) is 5.02 Å². The zero-order valence-corrected chi connectivity index (χ0v) is 15.4. The number of nitrogens with one attached hydrogen (secondary N) is 3. The van der Waals surface area contributed by atoms with E-state index in [9.17, 15) is 9.59 Å². The second-order valence-electron chi connectivity index (χ2n) is 6.15. The van der Waals surface area contributed by atoms with Gasteiger partial charge in [-0.05, 0) is 55.3 Å². The highest BCUT2D eigenvalue weighted by Crippen LogP contribution is 2.18. The van der Waals surface area contributed by atoms with E-state index < -0.39 is 5.97 Å². The lowest BCUT2D eigenvalue weighted by atomic mass is 10.1. The minimum Gasteiger partial charge on any atom is -0.423 e. The number of halogens is 1. The van der Waals surface area contributed by atoms with E-state index in [-0.39, 0.29) is 18.0 Å². The van der Waals surface area contributed by atoms with Crippen LogP contribution in [0.5, 0.6) is 5.75 Å². The molecule has 0 aromatic heterocycles. The lowest BCUT2D eigenvalue weighted by molar-refractivity contribution is -0.122. The summed E-state index contributed by atoms with van der Waals surface area (Å²) in [6.07, 6.45) is 2.22. The van der Waals surface area contributed by atoms with E-state index in [1.807, 2.05) is 6.92 Å². The molecule has 1 aliphatic heterocycles. The summed E-state index contributed by atoms with van der Waals surface area (Å²) in [5.74, 6) is -0.342. The number of hydrazone groups is 1. The summed E-state index contributed by atoms with van der Waals surface area (Å²) in [4.78, 5) is 24.0. The van der Waals surface area contributed by atoms with Gasteiger partial charge in [-0.15, -0.1) is 0 Å². The fourth-order valence-electron chi connectivity index (χ4n) is 2.55. The Morgan fingerprint density at radius 3 is 2.59 bits per heavy atom. The van der Waals surface area contributed by atoms with Crippen LogP contribution >= 0.6 is 11.6 Å². The molecule has 140 valence electrons. The van der Waals surface area contributed by atoms with Gasteiger partial charge >= 0.3 is 5.97 Å². The van der Waals surface area contributed by atoms with Crippen LogP contribution in [0.4, 0.5) is 0 Å². The summed E-state index contributed by atoms with van der Waals surface area (Å²) >= 11 is 5.99. The fraction of sp³-hybridized carbons (Fsp3) is 0.211. The molecule has 0 saturated carbocycles. The molecule has 1 aliphatic rings. The third-order valence-electron chi connectivity index (χ3n) is 3.98. The van der Waals surface area contributed by atoms with E-state index in [0.29, 0.717) is 22.8 Å². The Bertz CT molecular complexity index is 854. The Morgan fingerprint density at radius 1 is 1.19 bits per heavy atom. The van der Waals surface area contributed by atoms with Crippen molar-refractivity contribution in [1.29, 1.82) is 0 Å².